The second-order valence-electron chi connectivity index (χ2n) is 5.29. The second kappa shape index (κ2) is 5.83. The minimum absolute atomic E-state index is 0.119. The molecule has 0 fully saturated rings. The highest BCUT2D eigenvalue weighted by Gasteiger charge is 2.22. The average molecular weight is 279 g/mol. The van der Waals surface area contributed by atoms with Crippen LogP contribution < -0.4 is 5.32 Å². The molecule has 0 aromatic heterocycles. The molecule has 1 aliphatic carbocycles. The van der Waals surface area contributed by atoms with Gasteiger partial charge in [0.2, 0.25) is 0 Å². The number of aromatic hydroxyl groups is 1. The molecule has 3 heteroatoms. The van der Waals surface area contributed by atoms with E-state index in [0.29, 0.717) is 12.1 Å². The van der Waals surface area contributed by atoms with Crippen molar-refractivity contribution in [3.05, 3.63) is 71.9 Å². The Balaban J connectivity index is 1.80. The van der Waals surface area contributed by atoms with Crippen LogP contribution in [0.4, 0.5) is 5.69 Å². The molecular formula is C18H17NO2. The monoisotopic (exact) mass is 279 g/mol. The van der Waals surface area contributed by atoms with Crippen LogP contribution in [0.3, 0.4) is 0 Å². The van der Waals surface area contributed by atoms with Gasteiger partial charge in [-0.15, -0.1) is 0 Å². The largest absolute Gasteiger partial charge is 0.506 e. The second-order valence-corrected chi connectivity index (χ2v) is 5.29. The maximum atomic E-state index is 12.0. The highest BCUT2D eigenvalue weighted by Crippen LogP contribution is 2.33. The molecule has 0 aliphatic heterocycles. The number of phenolic OH excluding ortho intramolecular Hbond substituents is 1. The Labute approximate surface area is 123 Å². The van der Waals surface area contributed by atoms with E-state index in [0.717, 1.165) is 12.1 Å². The molecule has 1 atom stereocenters. The minimum atomic E-state index is 0.119. The number of ketones is 1. The number of allylic oxidation sites excluding steroid dienone is 2. The Hall–Kier alpha value is -2.55. The summed E-state index contributed by atoms with van der Waals surface area (Å²) < 4.78 is 0. The molecule has 0 unspecified atom stereocenters. The Morgan fingerprint density at radius 1 is 0.952 bits per heavy atom. The Bertz CT molecular complexity index is 677. The van der Waals surface area contributed by atoms with E-state index in [1.165, 1.54) is 5.56 Å². The third-order valence-electron chi connectivity index (χ3n) is 3.72. The van der Waals surface area contributed by atoms with E-state index >= 15 is 0 Å². The molecular weight excluding hydrogens is 262 g/mol. The van der Waals surface area contributed by atoms with Gasteiger partial charge in [0.1, 0.15) is 5.75 Å². The molecule has 0 saturated carbocycles. The van der Waals surface area contributed by atoms with E-state index < -0.39 is 0 Å². The maximum Gasteiger partial charge on any atom is 0.158 e. The summed E-state index contributed by atoms with van der Waals surface area (Å²) in [6.45, 7) is 0. The van der Waals surface area contributed by atoms with Gasteiger partial charge in [-0.2, -0.15) is 0 Å². The topological polar surface area (TPSA) is 49.3 Å². The van der Waals surface area contributed by atoms with Crippen molar-refractivity contribution in [2.24, 2.45) is 0 Å². The number of carbonyl (C=O) groups excluding carboxylic acids is 1. The van der Waals surface area contributed by atoms with Crippen LogP contribution in [-0.2, 0) is 4.79 Å². The summed E-state index contributed by atoms with van der Waals surface area (Å²) in [7, 11) is 0. The van der Waals surface area contributed by atoms with Gasteiger partial charge in [-0.05, 0) is 30.0 Å². The summed E-state index contributed by atoms with van der Waals surface area (Å²) in [4.78, 5) is 12.0. The zero-order chi connectivity index (χ0) is 14.7. The van der Waals surface area contributed by atoms with Crippen LogP contribution in [0.5, 0.6) is 5.75 Å². The molecule has 21 heavy (non-hydrogen) atoms. The fraction of sp³-hybridized carbons (Fsp3) is 0.167. The zero-order valence-electron chi connectivity index (χ0n) is 11.6. The van der Waals surface area contributed by atoms with Gasteiger partial charge in [0.05, 0.1) is 5.69 Å². The third-order valence-corrected chi connectivity index (χ3v) is 3.72. The number of carbonyl (C=O) groups is 1. The van der Waals surface area contributed by atoms with E-state index in [1.54, 1.807) is 24.3 Å². The molecule has 2 aromatic rings. The summed E-state index contributed by atoms with van der Waals surface area (Å²) >= 11 is 0. The summed E-state index contributed by atoms with van der Waals surface area (Å²) in [6.07, 6.45) is 2.95. The van der Waals surface area contributed by atoms with E-state index in [4.69, 9.17) is 0 Å². The average Bonchev–Trinajstić information content (AvgIpc) is 2.50. The number of benzene rings is 2. The summed E-state index contributed by atoms with van der Waals surface area (Å²) in [5.74, 6) is 0.498. The lowest BCUT2D eigenvalue weighted by molar-refractivity contribution is -0.115. The van der Waals surface area contributed by atoms with Crippen LogP contribution in [0.25, 0.3) is 0 Å². The van der Waals surface area contributed by atoms with Crippen LogP contribution in [0, 0.1) is 0 Å². The van der Waals surface area contributed by atoms with E-state index in [1.807, 2.05) is 24.3 Å². The molecule has 0 heterocycles. The molecule has 2 N–H and O–H groups in total. The van der Waals surface area contributed by atoms with Gasteiger partial charge < -0.3 is 10.4 Å². The van der Waals surface area contributed by atoms with Crippen molar-refractivity contribution in [1.82, 2.24) is 0 Å². The lowest BCUT2D eigenvalue weighted by atomic mass is 9.85. The molecule has 0 amide bonds. The van der Waals surface area contributed by atoms with Crippen molar-refractivity contribution in [1.29, 1.82) is 0 Å². The first-order valence-corrected chi connectivity index (χ1v) is 7.06. The van der Waals surface area contributed by atoms with Gasteiger partial charge in [-0.25, -0.2) is 0 Å². The van der Waals surface area contributed by atoms with Crippen molar-refractivity contribution in [2.75, 3.05) is 5.32 Å². The number of anilines is 1. The van der Waals surface area contributed by atoms with Gasteiger partial charge >= 0.3 is 0 Å². The molecule has 3 nitrogen and oxygen atoms in total. The van der Waals surface area contributed by atoms with E-state index in [-0.39, 0.29) is 17.5 Å². The molecule has 1 aliphatic rings. The van der Waals surface area contributed by atoms with Crippen LogP contribution in [0.1, 0.15) is 24.3 Å². The van der Waals surface area contributed by atoms with Gasteiger partial charge in [0.25, 0.3) is 0 Å². The van der Waals surface area contributed by atoms with E-state index in [9.17, 15) is 9.90 Å². The highest BCUT2D eigenvalue weighted by atomic mass is 16.3. The van der Waals surface area contributed by atoms with Crippen LogP contribution in [-0.4, -0.2) is 10.9 Å². The van der Waals surface area contributed by atoms with Crippen LogP contribution in [0.15, 0.2) is 66.4 Å². The quantitative estimate of drug-likeness (QED) is 0.839. The SMILES string of the molecule is O=C1C=C(Nc2ccccc2O)C[C@H](c2ccccc2)C1. The van der Waals surface area contributed by atoms with Crippen molar-refractivity contribution < 1.29 is 9.90 Å². The molecule has 0 bridgehead atoms. The summed E-state index contributed by atoms with van der Waals surface area (Å²) in [6, 6.07) is 17.1. The predicted octanol–water partition coefficient (Wildman–Crippen LogP) is 3.83. The first kappa shape index (κ1) is 13.4. The lowest BCUT2D eigenvalue weighted by Crippen LogP contribution is -2.16. The van der Waals surface area contributed by atoms with Crippen LogP contribution in [0.2, 0.25) is 0 Å². The van der Waals surface area contributed by atoms with Gasteiger partial charge in [-0.1, -0.05) is 42.5 Å². The summed E-state index contributed by atoms with van der Waals surface area (Å²) in [5, 5.41) is 13.0. The third kappa shape index (κ3) is 3.14. The number of rotatable bonds is 3. The number of hydrogen-bond acceptors (Lipinski definition) is 3. The Morgan fingerprint density at radius 3 is 2.43 bits per heavy atom. The Morgan fingerprint density at radius 2 is 1.67 bits per heavy atom. The maximum absolute atomic E-state index is 12.0. The molecule has 3 rings (SSSR count). The van der Waals surface area contributed by atoms with Gasteiger partial charge in [0, 0.05) is 18.2 Å². The highest BCUT2D eigenvalue weighted by molar-refractivity contribution is 5.92. The van der Waals surface area contributed by atoms with Gasteiger partial charge in [0.15, 0.2) is 5.78 Å². The van der Waals surface area contributed by atoms with Crippen molar-refractivity contribution in [3.8, 4) is 5.75 Å². The molecule has 2 aromatic carbocycles. The standard InChI is InChI=1S/C18H17NO2/c20-16-11-14(13-6-2-1-3-7-13)10-15(12-16)19-17-8-4-5-9-18(17)21/h1-9,12,14,19,21H,10-11H2/t14-/m0/s1. The number of phenols is 1. The van der Waals surface area contributed by atoms with E-state index in [2.05, 4.69) is 17.4 Å². The first-order valence-electron chi connectivity index (χ1n) is 7.06. The Kier molecular flexibility index (Phi) is 3.73. The fourth-order valence-electron chi connectivity index (χ4n) is 2.69. The molecule has 0 saturated heterocycles. The molecule has 0 spiro atoms. The lowest BCUT2D eigenvalue weighted by Gasteiger charge is -2.23. The molecule has 106 valence electrons. The van der Waals surface area contributed by atoms with Gasteiger partial charge in [-0.3, -0.25) is 4.79 Å². The fourth-order valence-corrected chi connectivity index (χ4v) is 2.69. The van der Waals surface area contributed by atoms with Crippen LogP contribution >= 0.6 is 0 Å². The summed E-state index contributed by atoms with van der Waals surface area (Å²) in [5.41, 5.74) is 2.65. The predicted molar refractivity (Wildman–Crippen MR) is 83.2 cm³/mol. The number of nitrogens with one attached hydrogen (secondary N) is 1. The number of hydrogen-bond donors (Lipinski definition) is 2. The minimum Gasteiger partial charge on any atom is -0.506 e. The van der Waals surface area contributed by atoms with Crippen molar-refractivity contribution in [3.63, 3.8) is 0 Å². The van der Waals surface area contributed by atoms with Crippen molar-refractivity contribution >= 4 is 11.5 Å². The normalized spacial score (nSPS) is 18.2. The molecule has 0 radical (unpaired) electrons. The van der Waals surface area contributed by atoms with Crippen molar-refractivity contribution in [2.45, 2.75) is 18.8 Å². The smallest absolute Gasteiger partial charge is 0.158 e. The zero-order valence-corrected chi connectivity index (χ0v) is 11.6. The number of para-hydroxylation sites is 2. The first-order chi connectivity index (χ1) is 10.2.